The van der Waals surface area contributed by atoms with Gasteiger partial charge in [0.2, 0.25) is 11.8 Å². The molecule has 0 aliphatic heterocycles. The second-order valence-electron chi connectivity index (χ2n) is 3.13. The van der Waals surface area contributed by atoms with Gasteiger partial charge in [-0.05, 0) is 0 Å². The van der Waals surface area contributed by atoms with E-state index >= 15 is 0 Å². The zero-order chi connectivity index (χ0) is 11.8. The third-order valence-corrected chi connectivity index (χ3v) is 1.88. The van der Waals surface area contributed by atoms with Gasteiger partial charge in [0.15, 0.2) is 0 Å². The number of rotatable bonds is 6. The van der Waals surface area contributed by atoms with Crippen LogP contribution >= 0.6 is 0 Å². The average molecular weight is 225 g/mol. The zero-order valence-electron chi connectivity index (χ0n) is 8.85. The van der Waals surface area contributed by atoms with E-state index in [2.05, 4.69) is 15.6 Å². The fourth-order valence-electron chi connectivity index (χ4n) is 1.06. The number of nitrogens with one attached hydrogen (secondary N) is 2. The first kappa shape index (κ1) is 12.2. The molecule has 2 amide bonds. The number of aromatic nitrogens is 2. The van der Waals surface area contributed by atoms with Gasteiger partial charge in [0.05, 0.1) is 19.4 Å². The first-order valence-electron chi connectivity index (χ1n) is 4.91. The van der Waals surface area contributed by atoms with Crippen LogP contribution in [0, 0.1) is 0 Å². The largest absolute Gasteiger partial charge is 0.353 e. The van der Waals surface area contributed by atoms with Gasteiger partial charge < -0.3 is 20.9 Å². The van der Waals surface area contributed by atoms with Gasteiger partial charge in [-0.25, -0.2) is 4.98 Å². The summed E-state index contributed by atoms with van der Waals surface area (Å²) in [6, 6.07) is 0. The molecule has 0 spiro atoms. The zero-order valence-corrected chi connectivity index (χ0v) is 8.85. The van der Waals surface area contributed by atoms with Crippen LogP contribution in [0.2, 0.25) is 0 Å². The number of amides is 2. The molecule has 0 saturated carbocycles. The number of nitrogens with zero attached hydrogens (tertiary/aromatic N) is 2. The minimum atomic E-state index is -0.343. The fourth-order valence-corrected chi connectivity index (χ4v) is 1.06. The molecule has 0 fully saturated rings. The van der Waals surface area contributed by atoms with E-state index in [1.807, 2.05) is 10.8 Å². The molecule has 0 aromatic carbocycles. The van der Waals surface area contributed by atoms with E-state index < -0.39 is 0 Å². The number of imidazole rings is 1. The molecule has 0 saturated heterocycles. The number of carbonyl (C=O) groups is 2. The van der Waals surface area contributed by atoms with Crippen LogP contribution in [0.4, 0.5) is 0 Å². The third-order valence-electron chi connectivity index (χ3n) is 1.88. The predicted molar refractivity (Wildman–Crippen MR) is 57.3 cm³/mol. The van der Waals surface area contributed by atoms with E-state index in [0.717, 1.165) is 0 Å². The van der Waals surface area contributed by atoms with E-state index in [0.29, 0.717) is 13.1 Å². The number of hydrogen-bond donors (Lipinski definition) is 3. The van der Waals surface area contributed by atoms with Gasteiger partial charge in [0, 0.05) is 25.5 Å². The molecule has 16 heavy (non-hydrogen) atoms. The number of hydrogen-bond acceptors (Lipinski definition) is 4. The molecular weight excluding hydrogens is 210 g/mol. The molecule has 7 heteroatoms. The highest BCUT2D eigenvalue weighted by atomic mass is 16.2. The molecule has 1 aromatic rings. The van der Waals surface area contributed by atoms with E-state index in [1.165, 1.54) is 0 Å². The molecule has 4 N–H and O–H groups in total. The normalized spacial score (nSPS) is 9.81. The Kier molecular flexibility index (Phi) is 5.00. The Hall–Kier alpha value is -1.89. The van der Waals surface area contributed by atoms with Crippen molar-refractivity contribution in [3.8, 4) is 0 Å². The maximum absolute atomic E-state index is 11.2. The summed E-state index contributed by atoms with van der Waals surface area (Å²) >= 11 is 0. The molecular formula is C9H15N5O2. The van der Waals surface area contributed by atoms with Crippen molar-refractivity contribution < 1.29 is 9.59 Å². The monoisotopic (exact) mass is 225 g/mol. The van der Waals surface area contributed by atoms with Gasteiger partial charge in [0.1, 0.15) is 0 Å². The van der Waals surface area contributed by atoms with Crippen LogP contribution in [-0.2, 0) is 16.1 Å². The first-order chi connectivity index (χ1) is 7.72. The maximum atomic E-state index is 11.2. The van der Waals surface area contributed by atoms with Crippen LogP contribution in [0.1, 0.15) is 0 Å². The topological polar surface area (TPSA) is 102 Å². The van der Waals surface area contributed by atoms with Crippen molar-refractivity contribution in [3.63, 3.8) is 0 Å². The van der Waals surface area contributed by atoms with Crippen molar-refractivity contribution in [3.05, 3.63) is 18.7 Å². The SMILES string of the molecule is NCC(=O)NCC(=O)NCCn1ccnc1. The van der Waals surface area contributed by atoms with E-state index in [4.69, 9.17) is 5.73 Å². The highest BCUT2D eigenvalue weighted by Gasteiger charge is 2.02. The summed E-state index contributed by atoms with van der Waals surface area (Å²) in [5.41, 5.74) is 5.07. The van der Waals surface area contributed by atoms with Crippen molar-refractivity contribution in [1.82, 2.24) is 20.2 Å². The predicted octanol–water partition coefficient (Wildman–Crippen LogP) is -1.93. The summed E-state index contributed by atoms with van der Waals surface area (Å²) in [4.78, 5) is 25.8. The molecule has 0 aliphatic rings. The summed E-state index contributed by atoms with van der Waals surface area (Å²) in [5.74, 6) is -0.577. The summed E-state index contributed by atoms with van der Waals surface area (Å²) in [5, 5.41) is 5.04. The van der Waals surface area contributed by atoms with E-state index in [1.54, 1.807) is 12.5 Å². The maximum Gasteiger partial charge on any atom is 0.239 e. The Morgan fingerprint density at radius 3 is 2.75 bits per heavy atom. The summed E-state index contributed by atoms with van der Waals surface area (Å²) < 4.78 is 1.85. The molecule has 0 bridgehead atoms. The van der Waals surface area contributed by atoms with Gasteiger partial charge in [0.25, 0.3) is 0 Å². The Bertz CT molecular complexity index is 336. The highest BCUT2D eigenvalue weighted by Crippen LogP contribution is 1.83. The van der Waals surface area contributed by atoms with Crippen LogP contribution in [0.25, 0.3) is 0 Å². The molecule has 88 valence electrons. The van der Waals surface area contributed by atoms with E-state index in [-0.39, 0.29) is 24.9 Å². The second kappa shape index (κ2) is 6.57. The van der Waals surface area contributed by atoms with Crippen molar-refractivity contribution in [1.29, 1.82) is 0 Å². The van der Waals surface area contributed by atoms with Gasteiger partial charge in [-0.2, -0.15) is 0 Å². The van der Waals surface area contributed by atoms with Crippen LogP contribution in [0.5, 0.6) is 0 Å². The second-order valence-corrected chi connectivity index (χ2v) is 3.13. The lowest BCUT2D eigenvalue weighted by molar-refractivity contribution is -0.125. The smallest absolute Gasteiger partial charge is 0.239 e. The molecule has 0 atom stereocenters. The van der Waals surface area contributed by atoms with Crippen LogP contribution < -0.4 is 16.4 Å². The number of carbonyl (C=O) groups excluding carboxylic acids is 2. The third kappa shape index (κ3) is 4.56. The lowest BCUT2D eigenvalue weighted by atomic mass is 10.5. The average Bonchev–Trinajstić information content (AvgIpc) is 2.79. The standard InChI is InChI=1S/C9H15N5O2/c10-5-8(15)13-6-9(16)12-2-4-14-3-1-11-7-14/h1,3,7H,2,4-6,10H2,(H,12,16)(H,13,15). The van der Waals surface area contributed by atoms with Crippen LogP contribution in [0.3, 0.4) is 0 Å². The van der Waals surface area contributed by atoms with Crippen molar-refractivity contribution >= 4 is 11.8 Å². The fraction of sp³-hybridized carbons (Fsp3) is 0.444. The van der Waals surface area contributed by atoms with Gasteiger partial charge >= 0.3 is 0 Å². The molecule has 0 aliphatic carbocycles. The summed E-state index contributed by atoms with van der Waals surface area (Å²) in [7, 11) is 0. The van der Waals surface area contributed by atoms with Crippen molar-refractivity contribution in [2.45, 2.75) is 6.54 Å². The van der Waals surface area contributed by atoms with E-state index in [9.17, 15) is 9.59 Å². The minimum absolute atomic E-state index is 0.0417. The lowest BCUT2D eigenvalue weighted by Crippen LogP contribution is -2.40. The molecule has 0 radical (unpaired) electrons. The molecule has 1 aromatic heterocycles. The summed E-state index contributed by atoms with van der Waals surface area (Å²) in [6.07, 6.45) is 5.15. The lowest BCUT2D eigenvalue weighted by Gasteiger charge is -2.06. The molecule has 1 heterocycles. The molecule has 0 unspecified atom stereocenters. The van der Waals surface area contributed by atoms with Crippen molar-refractivity contribution in [2.24, 2.45) is 5.73 Å². The Morgan fingerprint density at radius 1 is 1.31 bits per heavy atom. The van der Waals surface area contributed by atoms with Crippen molar-refractivity contribution in [2.75, 3.05) is 19.6 Å². The van der Waals surface area contributed by atoms with Crippen LogP contribution in [0.15, 0.2) is 18.7 Å². The first-order valence-corrected chi connectivity index (χ1v) is 4.91. The van der Waals surface area contributed by atoms with Gasteiger partial charge in [-0.3, -0.25) is 9.59 Å². The van der Waals surface area contributed by atoms with Gasteiger partial charge in [-0.1, -0.05) is 0 Å². The Balaban J connectivity index is 2.09. The minimum Gasteiger partial charge on any atom is -0.353 e. The number of nitrogens with two attached hydrogens (primary N) is 1. The Labute approximate surface area is 93.0 Å². The molecule has 1 rings (SSSR count). The quantitative estimate of drug-likeness (QED) is 0.525. The molecule has 7 nitrogen and oxygen atoms in total. The highest BCUT2D eigenvalue weighted by molar-refractivity contribution is 5.85. The summed E-state index contributed by atoms with van der Waals surface area (Å²) in [6.45, 7) is 0.993. The van der Waals surface area contributed by atoms with Crippen LogP contribution in [-0.4, -0.2) is 41.0 Å². The van der Waals surface area contributed by atoms with Gasteiger partial charge in [-0.15, -0.1) is 0 Å². The Morgan fingerprint density at radius 2 is 2.12 bits per heavy atom.